The molecule has 1 aliphatic heterocycles. The third-order valence-corrected chi connectivity index (χ3v) is 6.78. The highest BCUT2D eigenvalue weighted by Crippen LogP contribution is 2.26. The molecule has 0 aromatic carbocycles. The lowest BCUT2D eigenvalue weighted by molar-refractivity contribution is 0.192. The highest BCUT2D eigenvalue weighted by molar-refractivity contribution is 7.91. The second-order valence-corrected chi connectivity index (χ2v) is 9.89. The standard InChI is InChI=1S/C15H24N2O3S2/c1-10-8-17(5-6-22(19,20)9-10)15(18)16-12(3)14-7-11(2)21-13(14)4/h7,10,12H,5-6,8-9H2,1-4H3,(H,16,18). The molecule has 1 fully saturated rings. The van der Waals surface area contributed by atoms with Crippen molar-refractivity contribution < 1.29 is 13.2 Å². The van der Waals surface area contributed by atoms with Crippen molar-refractivity contribution in [3.05, 3.63) is 21.4 Å². The number of aryl methyl sites for hydroxylation is 2. The molecule has 2 rings (SSSR count). The Kier molecular flexibility index (Phi) is 5.17. The van der Waals surface area contributed by atoms with Crippen molar-refractivity contribution in [3.63, 3.8) is 0 Å². The molecule has 7 heteroatoms. The zero-order valence-electron chi connectivity index (χ0n) is 13.5. The maximum Gasteiger partial charge on any atom is 0.317 e. The third-order valence-electron chi connectivity index (χ3n) is 3.92. The molecule has 2 unspecified atom stereocenters. The number of sulfone groups is 1. The lowest BCUT2D eigenvalue weighted by Crippen LogP contribution is -2.43. The number of hydrogen-bond acceptors (Lipinski definition) is 4. The lowest BCUT2D eigenvalue weighted by atomic mass is 10.1. The first-order valence-corrected chi connectivity index (χ1v) is 10.1. The molecule has 124 valence electrons. The molecule has 2 atom stereocenters. The van der Waals surface area contributed by atoms with Crippen LogP contribution in [0.2, 0.25) is 0 Å². The van der Waals surface area contributed by atoms with Crippen molar-refractivity contribution in [1.29, 1.82) is 0 Å². The molecule has 0 spiro atoms. The Balaban J connectivity index is 2.04. The van der Waals surface area contributed by atoms with E-state index in [1.807, 2.05) is 13.8 Å². The lowest BCUT2D eigenvalue weighted by Gasteiger charge is -2.25. The summed E-state index contributed by atoms with van der Waals surface area (Å²) < 4.78 is 23.6. The number of carbonyl (C=O) groups excluding carboxylic acids is 1. The molecule has 1 saturated heterocycles. The van der Waals surface area contributed by atoms with Crippen LogP contribution in [-0.2, 0) is 9.84 Å². The van der Waals surface area contributed by atoms with Crippen LogP contribution in [0.15, 0.2) is 6.07 Å². The SMILES string of the molecule is Cc1cc(C(C)NC(=O)N2CCS(=O)(=O)CC(C)C2)c(C)s1. The number of rotatable bonds is 2. The Labute approximate surface area is 136 Å². The van der Waals surface area contributed by atoms with Gasteiger partial charge in [-0.2, -0.15) is 0 Å². The first-order valence-electron chi connectivity index (χ1n) is 7.51. The number of thiophene rings is 1. The average molecular weight is 345 g/mol. The van der Waals surface area contributed by atoms with E-state index in [-0.39, 0.29) is 36.0 Å². The first kappa shape index (κ1) is 17.3. The van der Waals surface area contributed by atoms with Crippen molar-refractivity contribution in [2.45, 2.75) is 33.7 Å². The largest absolute Gasteiger partial charge is 0.331 e. The van der Waals surface area contributed by atoms with Crippen LogP contribution in [0.4, 0.5) is 4.79 Å². The summed E-state index contributed by atoms with van der Waals surface area (Å²) in [5.41, 5.74) is 1.13. The zero-order chi connectivity index (χ0) is 16.5. The molecule has 22 heavy (non-hydrogen) atoms. The number of hydrogen-bond donors (Lipinski definition) is 1. The minimum atomic E-state index is -3.04. The number of nitrogens with one attached hydrogen (secondary N) is 1. The predicted octanol–water partition coefficient (Wildman–Crippen LogP) is 2.50. The number of carbonyl (C=O) groups is 1. The van der Waals surface area contributed by atoms with Crippen molar-refractivity contribution in [2.24, 2.45) is 5.92 Å². The smallest absolute Gasteiger partial charge is 0.317 e. The van der Waals surface area contributed by atoms with Gasteiger partial charge in [0.2, 0.25) is 0 Å². The second-order valence-electron chi connectivity index (χ2n) is 6.21. The van der Waals surface area contributed by atoms with E-state index in [1.54, 1.807) is 16.2 Å². The molecule has 1 aromatic heterocycles. The molecule has 0 saturated carbocycles. The summed E-state index contributed by atoms with van der Waals surface area (Å²) in [6.45, 7) is 8.70. The summed E-state index contributed by atoms with van der Waals surface area (Å²) in [5.74, 6) is 0.184. The Morgan fingerprint density at radius 2 is 2.14 bits per heavy atom. The van der Waals surface area contributed by atoms with Crippen molar-refractivity contribution in [2.75, 3.05) is 24.6 Å². The molecule has 1 aliphatic rings. The van der Waals surface area contributed by atoms with Gasteiger partial charge in [0.25, 0.3) is 0 Å². The summed E-state index contributed by atoms with van der Waals surface area (Å²) in [4.78, 5) is 16.5. The topological polar surface area (TPSA) is 66.5 Å². The van der Waals surface area contributed by atoms with Gasteiger partial charge in [0, 0.05) is 22.8 Å². The fraction of sp³-hybridized carbons (Fsp3) is 0.667. The Morgan fingerprint density at radius 1 is 1.45 bits per heavy atom. The quantitative estimate of drug-likeness (QED) is 0.896. The van der Waals surface area contributed by atoms with Crippen LogP contribution < -0.4 is 5.32 Å². The van der Waals surface area contributed by atoms with E-state index in [1.165, 1.54) is 9.75 Å². The summed E-state index contributed by atoms with van der Waals surface area (Å²) in [5, 5.41) is 2.99. The zero-order valence-corrected chi connectivity index (χ0v) is 15.2. The Morgan fingerprint density at radius 3 is 2.73 bits per heavy atom. The van der Waals surface area contributed by atoms with Crippen molar-refractivity contribution >= 4 is 27.2 Å². The summed E-state index contributed by atoms with van der Waals surface area (Å²) in [7, 11) is -3.04. The maximum atomic E-state index is 12.4. The molecule has 0 radical (unpaired) electrons. The average Bonchev–Trinajstić information content (AvgIpc) is 2.64. The fourth-order valence-electron chi connectivity index (χ4n) is 2.91. The molecule has 1 aromatic rings. The predicted molar refractivity (Wildman–Crippen MR) is 90.1 cm³/mol. The molecule has 0 bridgehead atoms. The summed E-state index contributed by atoms with van der Waals surface area (Å²) >= 11 is 1.72. The van der Waals surface area contributed by atoms with Crippen LogP contribution in [0.3, 0.4) is 0 Å². The van der Waals surface area contributed by atoms with E-state index in [2.05, 4.69) is 25.2 Å². The number of urea groups is 1. The Hall–Kier alpha value is -1.08. The van der Waals surface area contributed by atoms with Crippen LogP contribution in [-0.4, -0.2) is 43.9 Å². The second kappa shape index (κ2) is 6.58. The molecule has 5 nitrogen and oxygen atoms in total. The van der Waals surface area contributed by atoms with Crippen LogP contribution in [0.25, 0.3) is 0 Å². The van der Waals surface area contributed by atoms with E-state index in [9.17, 15) is 13.2 Å². The normalized spacial score (nSPS) is 22.9. The van der Waals surface area contributed by atoms with E-state index in [0.717, 1.165) is 5.56 Å². The van der Waals surface area contributed by atoms with Gasteiger partial charge in [0.1, 0.15) is 0 Å². The van der Waals surface area contributed by atoms with Crippen LogP contribution >= 0.6 is 11.3 Å². The van der Waals surface area contributed by atoms with Gasteiger partial charge < -0.3 is 10.2 Å². The van der Waals surface area contributed by atoms with E-state index in [4.69, 9.17) is 0 Å². The van der Waals surface area contributed by atoms with Crippen molar-refractivity contribution in [1.82, 2.24) is 10.2 Å². The van der Waals surface area contributed by atoms with E-state index >= 15 is 0 Å². The maximum absolute atomic E-state index is 12.4. The van der Waals surface area contributed by atoms with Crippen LogP contribution in [0.5, 0.6) is 0 Å². The highest BCUT2D eigenvalue weighted by atomic mass is 32.2. The van der Waals surface area contributed by atoms with E-state index in [0.29, 0.717) is 6.54 Å². The highest BCUT2D eigenvalue weighted by Gasteiger charge is 2.27. The number of amides is 2. The van der Waals surface area contributed by atoms with Gasteiger partial charge in [-0.05, 0) is 38.3 Å². The molecule has 1 N–H and O–H groups in total. The molecular formula is C15H24N2O3S2. The molecule has 0 aliphatic carbocycles. The van der Waals surface area contributed by atoms with Crippen LogP contribution in [0.1, 0.15) is 35.2 Å². The van der Waals surface area contributed by atoms with Gasteiger partial charge >= 0.3 is 6.03 Å². The van der Waals surface area contributed by atoms with Gasteiger partial charge in [-0.1, -0.05) is 6.92 Å². The fourth-order valence-corrected chi connectivity index (χ4v) is 5.57. The van der Waals surface area contributed by atoms with E-state index < -0.39 is 9.84 Å². The first-order chi connectivity index (χ1) is 10.2. The Bertz CT molecular complexity index is 652. The minimum absolute atomic E-state index is 0.0290. The van der Waals surface area contributed by atoms with Gasteiger partial charge in [0.05, 0.1) is 17.5 Å². The van der Waals surface area contributed by atoms with Gasteiger partial charge in [-0.3, -0.25) is 0 Å². The van der Waals surface area contributed by atoms with Crippen LogP contribution in [0, 0.1) is 19.8 Å². The van der Waals surface area contributed by atoms with Gasteiger partial charge in [0.15, 0.2) is 9.84 Å². The van der Waals surface area contributed by atoms with Gasteiger partial charge in [-0.25, -0.2) is 13.2 Å². The minimum Gasteiger partial charge on any atom is -0.331 e. The summed E-state index contributed by atoms with van der Waals surface area (Å²) in [6, 6.07) is 1.84. The molecular weight excluding hydrogens is 320 g/mol. The monoisotopic (exact) mass is 344 g/mol. The number of nitrogens with zero attached hydrogens (tertiary/aromatic N) is 1. The molecule has 2 amide bonds. The van der Waals surface area contributed by atoms with Crippen molar-refractivity contribution in [3.8, 4) is 0 Å². The molecule has 2 heterocycles. The van der Waals surface area contributed by atoms with Gasteiger partial charge in [-0.15, -0.1) is 11.3 Å². The third kappa shape index (κ3) is 4.23. The summed E-state index contributed by atoms with van der Waals surface area (Å²) in [6.07, 6.45) is 0.